The van der Waals surface area contributed by atoms with Crippen molar-refractivity contribution in [2.24, 2.45) is 23.7 Å². The Morgan fingerprint density at radius 3 is 2.76 bits per heavy atom. The lowest BCUT2D eigenvalue weighted by Crippen LogP contribution is -2.42. The van der Waals surface area contributed by atoms with Gasteiger partial charge in [0, 0.05) is 23.8 Å². The summed E-state index contributed by atoms with van der Waals surface area (Å²) in [4.78, 5) is 36.3. The third kappa shape index (κ3) is 1.93. The van der Waals surface area contributed by atoms with Gasteiger partial charge in [-0.2, -0.15) is 0 Å². The quantitative estimate of drug-likeness (QED) is 0.582. The highest BCUT2D eigenvalue weighted by molar-refractivity contribution is 5.93. The van der Waals surface area contributed by atoms with E-state index in [9.17, 15) is 14.4 Å². The second-order valence-corrected chi connectivity index (χ2v) is 6.49. The second kappa shape index (κ2) is 4.68. The van der Waals surface area contributed by atoms with Crippen LogP contribution in [-0.2, 0) is 23.9 Å². The van der Waals surface area contributed by atoms with Crippen LogP contribution in [-0.4, -0.2) is 29.9 Å². The van der Waals surface area contributed by atoms with E-state index in [0.29, 0.717) is 18.6 Å². The number of fused-ring (bicyclic) bond motifs is 1. The molecule has 3 aliphatic rings. The maximum Gasteiger partial charge on any atom is 0.333 e. The highest BCUT2D eigenvalue weighted by Crippen LogP contribution is 2.64. The molecule has 2 bridgehead atoms. The van der Waals surface area contributed by atoms with E-state index in [1.807, 2.05) is 0 Å². The van der Waals surface area contributed by atoms with Gasteiger partial charge in [-0.15, -0.1) is 0 Å². The number of esters is 2. The first-order chi connectivity index (χ1) is 9.89. The first-order valence-electron chi connectivity index (χ1n) is 7.48. The molecular formula is C16H20O5. The van der Waals surface area contributed by atoms with E-state index in [0.717, 1.165) is 6.42 Å². The van der Waals surface area contributed by atoms with Crippen molar-refractivity contribution in [1.29, 1.82) is 0 Å². The molecule has 5 nitrogen and oxygen atoms in total. The first kappa shape index (κ1) is 14.3. The minimum atomic E-state index is -0.703. The maximum atomic E-state index is 12.3. The summed E-state index contributed by atoms with van der Waals surface area (Å²) < 4.78 is 10.7. The number of ketones is 1. The fraction of sp³-hybridized carbons (Fsp3) is 0.688. The van der Waals surface area contributed by atoms with Crippen LogP contribution in [0.2, 0.25) is 0 Å². The highest BCUT2D eigenvalue weighted by Gasteiger charge is 2.71. The summed E-state index contributed by atoms with van der Waals surface area (Å²) in [5.74, 6) is -1.31. The Morgan fingerprint density at radius 2 is 2.14 bits per heavy atom. The maximum absolute atomic E-state index is 12.3. The molecule has 3 rings (SSSR count). The van der Waals surface area contributed by atoms with E-state index in [1.54, 1.807) is 13.8 Å². The van der Waals surface area contributed by atoms with E-state index in [1.165, 1.54) is 0 Å². The topological polar surface area (TPSA) is 69.7 Å². The molecule has 0 aliphatic heterocycles. The van der Waals surface area contributed by atoms with Crippen molar-refractivity contribution in [1.82, 2.24) is 0 Å². The van der Waals surface area contributed by atoms with Gasteiger partial charge < -0.3 is 9.47 Å². The van der Waals surface area contributed by atoms with E-state index >= 15 is 0 Å². The Morgan fingerprint density at radius 1 is 1.43 bits per heavy atom. The molecule has 0 amide bonds. The van der Waals surface area contributed by atoms with Crippen LogP contribution < -0.4 is 0 Å². The Labute approximate surface area is 123 Å². The lowest BCUT2D eigenvalue weighted by molar-refractivity contribution is -0.163. The summed E-state index contributed by atoms with van der Waals surface area (Å²) in [5.41, 5.74) is -0.365. The van der Waals surface area contributed by atoms with Crippen LogP contribution in [0.3, 0.4) is 0 Å². The molecule has 0 saturated heterocycles. The van der Waals surface area contributed by atoms with Crippen LogP contribution >= 0.6 is 0 Å². The smallest absolute Gasteiger partial charge is 0.333 e. The van der Waals surface area contributed by atoms with Gasteiger partial charge in [0.25, 0.3) is 0 Å². The predicted octanol–water partition coefficient (Wildman–Crippen LogP) is 1.65. The number of carbonyl (C=O) groups is 3. The van der Waals surface area contributed by atoms with Crippen molar-refractivity contribution in [2.45, 2.75) is 38.7 Å². The zero-order valence-corrected chi connectivity index (χ0v) is 12.4. The summed E-state index contributed by atoms with van der Waals surface area (Å²) in [6.45, 7) is 7.28. The molecule has 3 aliphatic carbocycles. The lowest BCUT2D eigenvalue weighted by Gasteiger charge is -2.34. The Balaban J connectivity index is 1.84. The molecular weight excluding hydrogens is 272 g/mol. The van der Waals surface area contributed by atoms with Crippen LogP contribution in [0.25, 0.3) is 0 Å². The number of ether oxygens (including phenoxy) is 2. The number of Topliss-reactive ketones (excluding diaryl/α,β-unsaturated/α-hetero) is 1. The highest BCUT2D eigenvalue weighted by atomic mass is 16.6. The molecule has 0 radical (unpaired) electrons. The lowest BCUT2D eigenvalue weighted by atomic mass is 9.77. The molecule has 21 heavy (non-hydrogen) atoms. The third-order valence-corrected chi connectivity index (χ3v) is 5.22. The van der Waals surface area contributed by atoms with Crippen LogP contribution in [0, 0.1) is 23.7 Å². The molecule has 5 atom stereocenters. The molecule has 0 aromatic carbocycles. The van der Waals surface area contributed by atoms with Crippen LogP contribution in [0.1, 0.15) is 33.1 Å². The molecule has 0 spiro atoms. The molecule has 0 aromatic heterocycles. The van der Waals surface area contributed by atoms with Gasteiger partial charge >= 0.3 is 11.9 Å². The van der Waals surface area contributed by atoms with Gasteiger partial charge in [0.15, 0.2) is 0 Å². The molecule has 3 saturated carbocycles. The fourth-order valence-corrected chi connectivity index (χ4v) is 4.55. The monoisotopic (exact) mass is 292 g/mol. The Kier molecular flexibility index (Phi) is 3.19. The molecule has 3 fully saturated rings. The number of hydrogen-bond donors (Lipinski definition) is 0. The molecule has 0 aromatic rings. The van der Waals surface area contributed by atoms with Crippen molar-refractivity contribution in [3.63, 3.8) is 0 Å². The molecule has 0 N–H and O–H groups in total. The largest absolute Gasteiger partial charge is 0.466 e. The number of carbonyl (C=O) groups excluding carboxylic acids is 3. The summed E-state index contributed by atoms with van der Waals surface area (Å²) in [5, 5.41) is 0. The Hall–Kier alpha value is -1.65. The van der Waals surface area contributed by atoms with E-state index in [-0.39, 0.29) is 41.8 Å². The number of rotatable bonds is 4. The van der Waals surface area contributed by atoms with Crippen molar-refractivity contribution in [3.05, 3.63) is 12.2 Å². The zero-order chi connectivity index (χ0) is 15.4. The number of hydrogen-bond acceptors (Lipinski definition) is 5. The van der Waals surface area contributed by atoms with Gasteiger partial charge in [-0.25, -0.2) is 4.79 Å². The van der Waals surface area contributed by atoms with Crippen molar-refractivity contribution < 1.29 is 23.9 Å². The summed E-state index contributed by atoms with van der Waals surface area (Å²) in [6, 6.07) is 0. The normalized spacial score (nSPS) is 39.4. The predicted molar refractivity (Wildman–Crippen MR) is 73.1 cm³/mol. The summed E-state index contributed by atoms with van der Waals surface area (Å²) in [6.07, 6.45) is 1.58. The van der Waals surface area contributed by atoms with E-state index in [2.05, 4.69) is 6.58 Å². The minimum Gasteiger partial charge on any atom is -0.466 e. The zero-order valence-electron chi connectivity index (χ0n) is 12.4. The van der Waals surface area contributed by atoms with Crippen molar-refractivity contribution in [2.75, 3.05) is 6.61 Å². The van der Waals surface area contributed by atoms with Gasteiger partial charge in [0.05, 0.1) is 12.5 Å². The first-order valence-corrected chi connectivity index (χ1v) is 7.48. The average Bonchev–Trinajstić information content (AvgIpc) is 2.96. The van der Waals surface area contributed by atoms with Crippen molar-refractivity contribution in [3.8, 4) is 0 Å². The van der Waals surface area contributed by atoms with Crippen LogP contribution in [0.4, 0.5) is 0 Å². The van der Waals surface area contributed by atoms with Crippen LogP contribution in [0.5, 0.6) is 0 Å². The van der Waals surface area contributed by atoms with Gasteiger partial charge in [0.2, 0.25) is 0 Å². The third-order valence-electron chi connectivity index (χ3n) is 5.22. The fourth-order valence-electron chi connectivity index (χ4n) is 4.55. The van der Waals surface area contributed by atoms with E-state index < -0.39 is 11.6 Å². The van der Waals surface area contributed by atoms with Gasteiger partial charge in [-0.05, 0) is 32.6 Å². The summed E-state index contributed by atoms with van der Waals surface area (Å²) in [7, 11) is 0. The second-order valence-electron chi connectivity index (χ2n) is 6.49. The molecule has 5 unspecified atom stereocenters. The molecule has 0 heterocycles. The van der Waals surface area contributed by atoms with Gasteiger partial charge in [0.1, 0.15) is 11.4 Å². The van der Waals surface area contributed by atoms with Crippen molar-refractivity contribution >= 4 is 17.7 Å². The Bertz CT molecular complexity index is 537. The minimum absolute atomic E-state index is 0.0345. The van der Waals surface area contributed by atoms with Crippen LogP contribution in [0.15, 0.2) is 12.2 Å². The van der Waals surface area contributed by atoms with Gasteiger partial charge in [-0.3, -0.25) is 9.59 Å². The molecule has 5 heteroatoms. The SMILES string of the molecule is C=C(C)C(=O)OC12CC(=O)C3C(C(=O)OCC)C(CC31)C2. The average molecular weight is 292 g/mol. The standard InChI is InChI=1S/C16H20O5/c1-4-20-15(19)12-9-5-10-13(12)11(17)7-16(10,6-9)21-14(18)8(2)3/h9-10,12-13H,2,4-7H2,1,3H3. The molecule has 114 valence electrons. The van der Waals surface area contributed by atoms with E-state index in [4.69, 9.17) is 9.47 Å². The summed E-state index contributed by atoms with van der Waals surface area (Å²) >= 11 is 0. The van der Waals surface area contributed by atoms with Gasteiger partial charge in [-0.1, -0.05) is 6.58 Å².